The number of pyridine rings is 2. The second kappa shape index (κ2) is 8.49. The number of nitrogens with two attached hydrogens (primary N) is 1. The van der Waals surface area contributed by atoms with Gasteiger partial charge >= 0.3 is 0 Å². The SMILES string of the molecule is COc1cc(C(Cc2cccnc2)(NCc2cccnc2)C(N)=O)ccc1O. The quantitative estimate of drug-likeness (QED) is 0.552. The third-order valence-corrected chi connectivity index (χ3v) is 4.60. The van der Waals surface area contributed by atoms with Crippen molar-refractivity contribution in [2.75, 3.05) is 7.11 Å². The standard InChI is InChI=1S/C21H22N4O3/c1-28-19-10-17(6-7-18(19)26)21(20(22)27,11-15-4-2-8-23-12-15)25-14-16-5-3-9-24-13-16/h2-10,12-13,25-26H,11,14H2,1H3,(H2,22,27). The first kappa shape index (κ1) is 19.3. The fraction of sp³-hybridized carbons (Fsp3) is 0.190. The van der Waals surface area contributed by atoms with Crippen LogP contribution in [-0.2, 0) is 23.3 Å². The van der Waals surface area contributed by atoms with Gasteiger partial charge in [-0.3, -0.25) is 20.1 Å². The maximum Gasteiger partial charge on any atom is 0.242 e. The zero-order valence-corrected chi connectivity index (χ0v) is 15.5. The number of carbonyl (C=O) groups is 1. The number of amides is 1. The van der Waals surface area contributed by atoms with Crippen LogP contribution in [0.3, 0.4) is 0 Å². The fourth-order valence-electron chi connectivity index (χ4n) is 3.09. The van der Waals surface area contributed by atoms with Crippen LogP contribution in [0.5, 0.6) is 11.5 Å². The van der Waals surface area contributed by atoms with Crippen molar-refractivity contribution in [1.82, 2.24) is 15.3 Å². The number of hydrogen-bond acceptors (Lipinski definition) is 6. The summed E-state index contributed by atoms with van der Waals surface area (Å²) in [6.07, 6.45) is 7.05. The zero-order chi connectivity index (χ0) is 20.0. The molecule has 2 aromatic heterocycles. The number of methoxy groups -OCH3 is 1. The van der Waals surface area contributed by atoms with E-state index < -0.39 is 11.4 Å². The molecule has 3 rings (SSSR count). The molecule has 3 aromatic rings. The molecule has 0 saturated heterocycles. The number of rotatable bonds is 8. The molecular weight excluding hydrogens is 356 g/mol. The van der Waals surface area contributed by atoms with E-state index in [0.717, 1.165) is 11.1 Å². The van der Waals surface area contributed by atoms with Gasteiger partial charge in [0.25, 0.3) is 0 Å². The van der Waals surface area contributed by atoms with Crippen molar-refractivity contribution in [3.8, 4) is 11.5 Å². The molecule has 1 amide bonds. The first-order valence-corrected chi connectivity index (χ1v) is 8.75. The van der Waals surface area contributed by atoms with E-state index in [0.29, 0.717) is 12.1 Å². The Morgan fingerprint density at radius 1 is 1.14 bits per heavy atom. The van der Waals surface area contributed by atoms with Crippen LogP contribution in [0.4, 0.5) is 0 Å². The molecule has 2 heterocycles. The average molecular weight is 378 g/mol. The maximum atomic E-state index is 12.8. The molecule has 28 heavy (non-hydrogen) atoms. The molecule has 0 aliphatic heterocycles. The number of nitrogens with zero attached hydrogens (tertiary/aromatic N) is 2. The lowest BCUT2D eigenvalue weighted by Gasteiger charge is -2.33. The van der Waals surface area contributed by atoms with E-state index in [-0.39, 0.29) is 17.9 Å². The van der Waals surface area contributed by atoms with E-state index >= 15 is 0 Å². The first-order valence-electron chi connectivity index (χ1n) is 8.75. The number of nitrogens with one attached hydrogen (secondary N) is 1. The molecule has 1 unspecified atom stereocenters. The monoisotopic (exact) mass is 378 g/mol. The van der Waals surface area contributed by atoms with Crippen LogP contribution in [0.25, 0.3) is 0 Å². The highest BCUT2D eigenvalue weighted by molar-refractivity contribution is 5.87. The molecule has 0 spiro atoms. The van der Waals surface area contributed by atoms with Crippen molar-refractivity contribution in [2.24, 2.45) is 5.73 Å². The molecule has 144 valence electrons. The molecule has 0 aliphatic rings. The van der Waals surface area contributed by atoms with E-state index in [2.05, 4.69) is 15.3 Å². The Bertz CT molecular complexity index is 935. The molecule has 0 aliphatic carbocycles. The lowest BCUT2D eigenvalue weighted by molar-refractivity contribution is -0.125. The highest BCUT2D eigenvalue weighted by Crippen LogP contribution is 2.33. The number of ether oxygens (including phenoxy) is 1. The molecule has 7 heteroatoms. The molecule has 1 atom stereocenters. The second-order valence-corrected chi connectivity index (χ2v) is 6.41. The Balaban J connectivity index is 2.05. The van der Waals surface area contributed by atoms with Gasteiger partial charge in [-0.2, -0.15) is 0 Å². The van der Waals surface area contributed by atoms with Crippen molar-refractivity contribution in [3.63, 3.8) is 0 Å². The number of phenols is 1. The Kier molecular flexibility index (Phi) is 5.86. The van der Waals surface area contributed by atoms with Gasteiger partial charge in [0.2, 0.25) is 5.91 Å². The van der Waals surface area contributed by atoms with Crippen molar-refractivity contribution in [1.29, 1.82) is 0 Å². The van der Waals surface area contributed by atoms with Crippen LogP contribution in [0.15, 0.2) is 67.3 Å². The largest absolute Gasteiger partial charge is 0.504 e. The number of phenolic OH excluding ortho intramolecular Hbond substituents is 1. The fourth-order valence-corrected chi connectivity index (χ4v) is 3.09. The number of benzene rings is 1. The number of primary amides is 1. The summed E-state index contributed by atoms with van der Waals surface area (Å²) in [6.45, 7) is 0.375. The number of aromatic nitrogens is 2. The minimum atomic E-state index is -1.24. The zero-order valence-electron chi connectivity index (χ0n) is 15.5. The molecule has 0 bridgehead atoms. The van der Waals surface area contributed by atoms with Crippen LogP contribution in [-0.4, -0.2) is 28.1 Å². The molecular formula is C21H22N4O3. The van der Waals surface area contributed by atoms with Crippen LogP contribution >= 0.6 is 0 Å². The van der Waals surface area contributed by atoms with Crippen LogP contribution in [0, 0.1) is 0 Å². The van der Waals surface area contributed by atoms with Crippen molar-refractivity contribution < 1.29 is 14.6 Å². The summed E-state index contributed by atoms with van der Waals surface area (Å²) in [5.74, 6) is -0.302. The number of hydrogen-bond donors (Lipinski definition) is 3. The van der Waals surface area contributed by atoms with E-state index in [1.54, 1.807) is 43.0 Å². The Labute approximate surface area is 163 Å². The predicted octanol–water partition coefficient (Wildman–Crippen LogP) is 1.90. The minimum absolute atomic E-state index is 0.0155. The van der Waals surface area contributed by atoms with Gasteiger partial charge in [0.05, 0.1) is 7.11 Å². The van der Waals surface area contributed by atoms with E-state index in [4.69, 9.17) is 10.5 Å². The molecule has 0 radical (unpaired) electrons. The lowest BCUT2D eigenvalue weighted by atomic mass is 9.82. The molecule has 4 N–H and O–H groups in total. The van der Waals surface area contributed by atoms with E-state index in [1.165, 1.54) is 13.2 Å². The topological polar surface area (TPSA) is 110 Å². The van der Waals surface area contributed by atoms with E-state index in [9.17, 15) is 9.90 Å². The van der Waals surface area contributed by atoms with Gasteiger partial charge < -0.3 is 15.6 Å². The third-order valence-electron chi connectivity index (χ3n) is 4.60. The van der Waals surface area contributed by atoms with Gasteiger partial charge in [-0.05, 0) is 41.0 Å². The first-order chi connectivity index (χ1) is 13.5. The van der Waals surface area contributed by atoms with Gasteiger partial charge in [0.1, 0.15) is 5.54 Å². The van der Waals surface area contributed by atoms with Crippen LogP contribution < -0.4 is 15.8 Å². The molecule has 7 nitrogen and oxygen atoms in total. The summed E-state index contributed by atoms with van der Waals surface area (Å²) < 4.78 is 5.22. The summed E-state index contributed by atoms with van der Waals surface area (Å²) in [5, 5.41) is 13.3. The Morgan fingerprint density at radius 2 is 1.82 bits per heavy atom. The highest BCUT2D eigenvalue weighted by Gasteiger charge is 2.39. The second-order valence-electron chi connectivity index (χ2n) is 6.41. The average Bonchev–Trinajstić information content (AvgIpc) is 2.73. The molecule has 0 fully saturated rings. The van der Waals surface area contributed by atoms with Crippen molar-refractivity contribution in [3.05, 3.63) is 83.9 Å². The van der Waals surface area contributed by atoms with Gasteiger partial charge in [-0.15, -0.1) is 0 Å². The predicted molar refractivity (Wildman–Crippen MR) is 105 cm³/mol. The summed E-state index contributed by atoms with van der Waals surface area (Å²) in [5.41, 5.74) is 7.00. The summed E-state index contributed by atoms with van der Waals surface area (Å²) in [6, 6.07) is 12.2. The summed E-state index contributed by atoms with van der Waals surface area (Å²) in [7, 11) is 1.45. The van der Waals surface area contributed by atoms with Gasteiger partial charge in [0, 0.05) is 37.8 Å². The smallest absolute Gasteiger partial charge is 0.242 e. The number of carbonyl (C=O) groups excluding carboxylic acids is 1. The number of aromatic hydroxyl groups is 1. The Morgan fingerprint density at radius 3 is 2.39 bits per heavy atom. The third kappa shape index (κ3) is 4.10. The van der Waals surface area contributed by atoms with Gasteiger partial charge in [-0.1, -0.05) is 18.2 Å². The van der Waals surface area contributed by atoms with Crippen LogP contribution in [0.1, 0.15) is 16.7 Å². The molecule has 1 aromatic carbocycles. The maximum absolute atomic E-state index is 12.8. The normalized spacial score (nSPS) is 12.9. The lowest BCUT2D eigenvalue weighted by Crippen LogP contribution is -2.54. The molecule has 0 saturated carbocycles. The van der Waals surface area contributed by atoms with Crippen molar-refractivity contribution in [2.45, 2.75) is 18.5 Å². The van der Waals surface area contributed by atoms with Gasteiger partial charge in [-0.25, -0.2) is 0 Å². The van der Waals surface area contributed by atoms with E-state index in [1.807, 2.05) is 18.2 Å². The summed E-state index contributed by atoms with van der Waals surface area (Å²) in [4.78, 5) is 21.0. The van der Waals surface area contributed by atoms with Gasteiger partial charge in [0.15, 0.2) is 11.5 Å². The minimum Gasteiger partial charge on any atom is -0.504 e. The summed E-state index contributed by atoms with van der Waals surface area (Å²) >= 11 is 0. The highest BCUT2D eigenvalue weighted by atomic mass is 16.5. The Hall–Kier alpha value is -3.45. The van der Waals surface area contributed by atoms with Crippen LogP contribution in [0.2, 0.25) is 0 Å². The van der Waals surface area contributed by atoms with Crippen molar-refractivity contribution >= 4 is 5.91 Å².